The van der Waals surface area contributed by atoms with E-state index in [1.807, 2.05) is 18.2 Å². The van der Waals surface area contributed by atoms with Crippen molar-refractivity contribution in [1.82, 2.24) is 9.88 Å². The average molecular weight is 450 g/mol. The lowest BCUT2D eigenvalue weighted by atomic mass is 9.96. The highest BCUT2D eigenvalue weighted by atomic mass is 16.5. The molecule has 2 unspecified atom stereocenters. The van der Waals surface area contributed by atoms with Crippen molar-refractivity contribution < 1.29 is 14.6 Å². The van der Waals surface area contributed by atoms with Crippen molar-refractivity contribution in [3.8, 4) is 0 Å². The summed E-state index contributed by atoms with van der Waals surface area (Å²) in [4.78, 5) is 19.1. The Morgan fingerprint density at radius 1 is 1.18 bits per heavy atom. The molecule has 1 saturated heterocycles. The maximum absolute atomic E-state index is 12.2. The summed E-state index contributed by atoms with van der Waals surface area (Å²) in [7, 11) is 0. The lowest BCUT2D eigenvalue weighted by molar-refractivity contribution is -0.143. The fraction of sp³-hybridized carbons (Fsp3) is 0.556. The zero-order chi connectivity index (χ0) is 22.6. The van der Waals surface area contributed by atoms with Gasteiger partial charge in [-0.2, -0.15) is 0 Å². The maximum atomic E-state index is 12.2. The number of fused-ring (bicyclic) bond motifs is 1. The Balaban J connectivity index is 1.08. The highest BCUT2D eigenvalue weighted by Crippen LogP contribution is 2.44. The van der Waals surface area contributed by atoms with Crippen LogP contribution in [0.5, 0.6) is 0 Å². The number of unbranched alkanes of at least 4 members (excludes halogenated alkanes) is 1. The van der Waals surface area contributed by atoms with Crippen molar-refractivity contribution in [2.24, 2.45) is 0 Å². The van der Waals surface area contributed by atoms with Crippen LogP contribution in [0.25, 0.3) is 0 Å². The number of hydrogen-bond donors (Lipinski definition) is 2. The number of benzene rings is 1. The number of carbonyl (C=O) groups is 1. The molecule has 3 heterocycles. The van der Waals surface area contributed by atoms with Crippen LogP contribution in [-0.2, 0) is 22.4 Å². The van der Waals surface area contributed by atoms with Gasteiger partial charge in [0.15, 0.2) is 0 Å². The van der Waals surface area contributed by atoms with Crippen molar-refractivity contribution in [1.29, 1.82) is 0 Å². The van der Waals surface area contributed by atoms with Gasteiger partial charge in [0.05, 0.1) is 6.10 Å². The molecule has 6 heteroatoms. The van der Waals surface area contributed by atoms with Crippen molar-refractivity contribution in [3.63, 3.8) is 0 Å². The molecule has 6 nitrogen and oxygen atoms in total. The SMILES string of the molecule is O=C(O)C(c1ccccc1C1CC1)N1CCC(OCCCCc2ccc3c(n2)NCCC3)C1. The molecule has 176 valence electrons. The Kier molecular flexibility index (Phi) is 6.93. The summed E-state index contributed by atoms with van der Waals surface area (Å²) in [6.07, 6.45) is 8.68. The van der Waals surface area contributed by atoms with E-state index in [1.54, 1.807) is 0 Å². The predicted molar refractivity (Wildman–Crippen MR) is 129 cm³/mol. The number of aromatic nitrogens is 1. The first-order valence-corrected chi connectivity index (χ1v) is 12.6. The number of nitrogens with zero attached hydrogens (tertiary/aromatic N) is 2. The molecular weight excluding hydrogens is 414 g/mol. The molecule has 3 aliphatic rings. The number of rotatable bonds is 10. The topological polar surface area (TPSA) is 74.7 Å². The third-order valence-corrected chi connectivity index (χ3v) is 7.22. The van der Waals surface area contributed by atoms with E-state index in [2.05, 4.69) is 28.4 Å². The summed E-state index contributed by atoms with van der Waals surface area (Å²) in [6, 6.07) is 11.9. The first-order chi connectivity index (χ1) is 16.2. The molecule has 1 aliphatic carbocycles. The van der Waals surface area contributed by atoms with Gasteiger partial charge in [0, 0.05) is 31.9 Å². The number of likely N-dealkylation sites (tertiary alicyclic amines) is 1. The molecule has 1 aromatic heterocycles. The highest BCUT2D eigenvalue weighted by molar-refractivity contribution is 5.76. The molecule has 2 N–H and O–H groups in total. The molecule has 0 spiro atoms. The fourth-order valence-corrected chi connectivity index (χ4v) is 5.30. The maximum Gasteiger partial charge on any atom is 0.325 e. The zero-order valence-corrected chi connectivity index (χ0v) is 19.3. The lowest BCUT2D eigenvalue weighted by Crippen LogP contribution is -2.34. The number of nitrogens with one attached hydrogen (secondary N) is 1. The summed E-state index contributed by atoms with van der Waals surface area (Å²) < 4.78 is 6.15. The Bertz CT molecular complexity index is 975. The largest absolute Gasteiger partial charge is 0.480 e. The van der Waals surface area contributed by atoms with Crippen molar-refractivity contribution in [2.75, 3.05) is 31.6 Å². The van der Waals surface area contributed by atoms with Gasteiger partial charge in [-0.05, 0) is 80.0 Å². The van der Waals surface area contributed by atoms with Crippen molar-refractivity contribution >= 4 is 11.8 Å². The van der Waals surface area contributed by atoms with E-state index in [1.165, 1.54) is 30.4 Å². The first kappa shape index (κ1) is 22.4. The van der Waals surface area contributed by atoms with E-state index in [9.17, 15) is 9.90 Å². The zero-order valence-electron chi connectivity index (χ0n) is 19.3. The summed E-state index contributed by atoms with van der Waals surface area (Å²) in [6.45, 7) is 3.20. The van der Waals surface area contributed by atoms with Crippen LogP contribution in [0.2, 0.25) is 0 Å². The number of carboxylic acid groups (broad SMARTS) is 1. The average Bonchev–Trinajstić information content (AvgIpc) is 3.58. The smallest absolute Gasteiger partial charge is 0.325 e. The van der Waals surface area contributed by atoms with E-state index < -0.39 is 12.0 Å². The number of aryl methyl sites for hydroxylation is 2. The van der Waals surface area contributed by atoms with Crippen molar-refractivity contribution in [3.05, 3.63) is 58.8 Å². The minimum atomic E-state index is -0.754. The van der Waals surface area contributed by atoms with Crippen LogP contribution in [0.3, 0.4) is 0 Å². The second kappa shape index (κ2) is 10.2. The van der Waals surface area contributed by atoms with Crippen molar-refractivity contribution in [2.45, 2.75) is 69.4 Å². The van der Waals surface area contributed by atoms with Crippen LogP contribution in [0.4, 0.5) is 5.82 Å². The van der Waals surface area contributed by atoms with Crippen LogP contribution in [-0.4, -0.2) is 53.3 Å². The second-order valence-electron chi connectivity index (χ2n) is 9.72. The Morgan fingerprint density at radius 2 is 2.06 bits per heavy atom. The molecule has 0 radical (unpaired) electrons. The molecule has 2 atom stereocenters. The minimum absolute atomic E-state index is 0.117. The molecule has 0 amide bonds. The van der Waals surface area contributed by atoms with E-state index >= 15 is 0 Å². The monoisotopic (exact) mass is 449 g/mol. The van der Waals surface area contributed by atoms with Gasteiger partial charge in [0.1, 0.15) is 11.9 Å². The Labute approximate surface area is 196 Å². The summed E-state index contributed by atoms with van der Waals surface area (Å²) in [5.74, 6) is 0.853. The van der Waals surface area contributed by atoms with Gasteiger partial charge in [-0.25, -0.2) is 4.98 Å². The van der Waals surface area contributed by atoms with Crippen LogP contribution >= 0.6 is 0 Å². The molecular formula is C27H35N3O3. The van der Waals surface area contributed by atoms with Gasteiger partial charge in [-0.15, -0.1) is 0 Å². The second-order valence-corrected chi connectivity index (χ2v) is 9.72. The van der Waals surface area contributed by atoms with Crippen LogP contribution < -0.4 is 5.32 Å². The fourth-order valence-electron chi connectivity index (χ4n) is 5.30. The molecule has 0 bridgehead atoms. The lowest BCUT2D eigenvalue weighted by Gasteiger charge is -2.26. The number of hydrogen-bond acceptors (Lipinski definition) is 5. The molecule has 2 aromatic rings. The Morgan fingerprint density at radius 3 is 2.91 bits per heavy atom. The third-order valence-electron chi connectivity index (χ3n) is 7.22. The number of anilines is 1. The number of carboxylic acids is 1. The number of aliphatic carboxylic acids is 1. The molecule has 2 fully saturated rings. The molecule has 33 heavy (non-hydrogen) atoms. The first-order valence-electron chi connectivity index (χ1n) is 12.6. The quantitative estimate of drug-likeness (QED) is 0.518. The molecule has 5 rings (SSSR count). The van der Waals surface area contributed by atoms with E-state index in [0.717, 1.165) is 68.9 Å². The highest BCUT2D eigenvalue weighted by Gasteiger charge is 2.37. The minimum Gasteiger partial charge on any atom is -0.480 e. The van der Waals surface area contributed by atoms with Crippen LogP contribution in [0.1, 0.15) is 72.9 Å². The summed E-state index contributed by atoms with van der Waals surface area (Å²) in [5, 5.41) is 13.4. The van der Waals surface area contributed by atoms with Gasteiger partial charge >= 0.3 is 5.97 Å². The molecule has 2 aliphatic heterocycles. The Hall–Kier alpha value is -2.44. The van der Waals surface area contributed by atoms with Gasteiger partial charge in [-0.1, -0.05) is 30.3 Å². The van der Waals surface area contributed by atoms with Crippen LogP contribution in [0.15, 0.2) is 36.4 Å². The normalized spacial score (nSPS) is 21.4. The van der Waals surface area contributed by atoms with Gasteiger partial charge in [0.2, 0.25) is 0 Å². The van der Waals surface area contributed by atoms with Gasteiger partial charge in [-0.3, -0.25) is 9.69 Å². The van der Waals surface area contributed by atoms with Gasteiger partial charge in [0.25, 0.3) is 0 Å². The predicted octanol–water partition coefficient (Wildman–Crippen LogP) is 4.56. The molecule has 1 aromatic carbocycles. The third kappa shape index (κ3) is 5.39. The summed E-state index contributed by atoms with van der Waals surface area (Å²) >= 11 is 0. The number of pyridine rings is 1. The van der Waals surface area contributed by atoms with Crippen LogP contribution in [0, 0.1) is 0 Å². The van der Waals surface area contributed by atoms with E-state index in [-0.39, 0.29) is 6.10 Å². The standard InChI is InChI=1S/C27H35N3O3/c31-27(32)25(24-9-2-1-8-23(24)19-10-11-19)30-16-14-22(18-30)33-17-4-3-7-21-13-12-20-6-5-15-28-26(20)29-21/h1-2,8-9,12-13,19,22,25H,3-7,10-11,14-18H2,(H,28,29)(H,31,32). The van der Waals surface area contributed by atoms with E-state index in [4.69, 9.17) is 9.72 Å². The van der Waals surface area contributed by atoms with E-state index in [0.29, 0.717) is 12.5 Å². The molecule has 1 saturated carbocycles. The number of ether oxygens (including phenoxy) is 1. The van der Waals surface area contributed by atoms with Gasteiger partial charge < -0.3 is 15.2 Å². The summed E-state index contributed by atoms with van der Waals surface area (Å²) in [5.41, 5.74) is 4.67.